The molecule has 1 aliphatic carbocycles. The number of aryl methyl sites for hydroxylation is 1. The molecule has 7 heteroatoms. The second-order valence-electron chi connectivity index (χ2n) is 6.52. The van der Waals surface area contributed by atoms with Crippen LogP contribution < -0.4 is 0 Å². The highest BCUT2D eigenvalue weighted by Crippen LogP contribution is 2.39. The molecule has 2 heterocycles. The molecule has 0 N–H and O–H groups in total. The SMILES string of the molecule is Cc1cccc(S(=O)(=O)N2CCC(n3cc(C4CC4)nn3)C2)c1. The van der Waals surface area contributed by atoms with Gasteiger partial charge in [-0.05, 0) is 43.9 Å². The first-order valence-electron chi connectivity index (χ1n) is 8.02. The third-order valence-corrected chi connectivity index (χ3v) is 6.51. The van der Waals surface area contributed by atoms with E-state index in [1.165, 1.54) is 12.8 Å². The Morgan fingerprint density at radius 3 is 2.78 bits per heavy atom. The molecule has 1 aromatic carbocycles. The second kappa shape index (κ2) is 5.42. The highest BCUT2D eigenvalue weighted by Gasteiger charge is 2.35. The molecule has 2 fully saturated rings. The number of hydrogen-bond donors (Lipinski definition) is 0. The first kappa shape index (κ1) is 14.8. The molecular formula is C16H20N4O2S. The molecule has 1 atom stereocenters. The normalized spacial score (nSPS) is 22.6. The summed E-state index contributed by atoms with van der Waals surface area (Å²) in [6.07, 6.45) is 5.15. The molecule has 1 saturated heterocycles. The lowest BCUT2D eigenvalue weighted by atomic mass is 10.2. The lowest BCUT2D eigenvalue weighted by Crippen LogP contribution is -2.29. The standard InChI is InChI=1S/C16H20N4O2S/c1-12-3-2-4-15(9-12)23(21,22)19-8-7-14(10-19)20-11-16(17-18-20)13-5-6-13/h2-4,9,11,13-14H,5-8,10H2,1H3. The van der Waals surface area contributed by atoms with Gasteiger partial charge in [0.15, 0.2) is 0 Å². The molecule has 4 rings (SSSR count). The zero-order valence-corrected chi connectivity index (χ0v) is 13.9. The van der Waals surface area contributed by atoms with Gasteiger partial charge in [-0.25, -0.2) is 13.1 Å². The maximum atomic E-state index is 12.8. The summed E-state index contributed by atoms with van der Waals surface area (Å²) in [5, 5.41) is 8.43. The highest BCUT2D eigenvalue weighted by molar-refractivity contribution is 7.89. The molecule has 0 bridgehead atoms. The number of nitrogens with zero attached hydrogens (tertiary/aromatic N) is 4. The summed E-state index contributed by atoms with van der Waals surface area (Å²) in [5.74, 6) is 0.567. The van der Waals surface area contributed by atoms with Gasteiger partial charge in [-0.1, -0.05) is 17.3 Å². The first-order chi connectivity index (χ1) is 11.0. The average Bonchev–Trinajstić information content (AvgIpc) is 3.06. The summed E-state index contributed by atoms with van der Waals surface area (Å²) in [6, 6.07) is 7.16. The molecular weight excluding hydrogens is 312 g/mol. The minimum Gasteiger partial charge on any atom is -0.248 e. The Balaban J connectivity index is 1.52. The maximum absolute atomic E-state index is 12.8. The van der Waals surface area contributed by atoms with E-state index in [-0.39, 0.29) is 6.04 Å². The van der Waals surface area contributed by atoms with E-state index < -0.39 is 10.0 Å². The van der Waals surface area contributed by atoms with Crippen molar-refractivity contribution in [3.05, 3.63) is 41.7 Å². The third kappa shape index (κ3) is 2.79. The molecule has 6 nitrogen and oxygen atoms in total. The van der Waals surface area contributed by atoms with Gasteiger partial charge in [-0.2, -0.15) is 4.31 Å². The monoisotopic (exact) mass is 332 g/mol. The van der Waals surface area contributed by atoms with E-state index in [0.717, 1.165) is 17.7 Å². The average molecular weight is 332 g/mol. The lowest BCUT2D eigenvalue weighted by Gasteiger charge is -2.17. The smallest absolute Gasteiger partial charge is 0.243 e. The van der Waals surface area contributed by atoms with Gasteiger partial charge in [-0.3, -0.25) is 0 Å². The molecule has 1 aliphatic heterocycles. The van der Waals surface area contributed by atoms with Gasteiger partial charge in [0, 0.05) is 25.2 Å². The molecule has 2 aromatic rings. The van der Waals surface area contributed by atoms with E-state index in [1.54, 1.807) is 22.5 Å². The molecule has 1 aromatic heterocycles. The topological polar surface area (TPSA) is 68.1 Å². The van der Waals surface area contributed by atoms with Gasteiger partial charge in [0.2, 0.25) is 10.0 Å². The fraction of sp³-hybridized carbons (Fsp3) is 0.500. The Kier molecular flexibility index (Phi) is 3.50. The highest BCUT2D eigenvalue weighted by atomic mass is 32.2. The molecule has 1 unspecified atom stereocenters. The lowest BCUT2D eigenvalue weighted by molar-refractivity contribution is 0.428. The molecule has 1 saturated carbocycles. The van der Waals surface area contributed by atoms with Gasteiger partial charge < -0.3 is 0 Å². The minimum atomic E-state index is -3.43. The molecule has 23 heavy (non-hydrogen) atoms. The minimum absolute atomic E-state index is 0.0783. The number of sulfonamides is 1. The van der Waals surface area contributed by atoms with Crippen molar-refractivity contribution >= 4 is 10.0 Å². The predicted molar refractivity (Wildman–Crippen MR) is 85.6 cm³/mol. The van der Waals surface area contributed by atoms with Crippen LogP contribution in [0.4, 0.5) is 0 Å². The van der Waals surface area contributed by atoms with Crippen molar-refractivity contribution in [2.45, 2.75) is 43.0 Å². The second-order valence-corrected chi connectivity index (χ2v) is 8.46. The van der Waals surface area contributed by atoms with Crippen LogP contribution in [-0.2, 0) is 10.0 Å². The van der Waals surface area contributed by atoms with Crippen molar-refractivity contribution in [1.82, 2.24) is 19.3 Å². The quantitative estimate of drug-likeness (QED) is 0.860. The number of rotatable bonds is 4. The first-order valence-corrected chi connectivity index (χ1v) is 9.46. The van der Waals surface area contributed by atoms with E-state index >= 15 is 0 Å². The summed E-state index contributed by atoms with van der Waals surface area (Å²) >= 11 is 0. The van der Waals surface area contributed by atoms with Gasteiger partial charge in [-0.15, -0.1) is 5.10 Å². The van der Waals surface area contributed by atoms with Crippen LogP contribution in [0, 0.1) is 6.92 Å². The molecule has 0 amide bonds. The van der Waals surface area contributed by atoms with Crippen molar-refractivity contribution in [2.24, 2.45) is 0 Å². The van der Waals surface area contributed by atoms with E-state index in [1.807, 2.05) is 23.9 Å². The summed E-state index contributed by atoms with van der Waals surface area (Å²) in [6.45, 7) is 2.89. The number of hydrogen-bond acceptors (Lipinski definition) is 4. The largest absolute Gasteiger partial charge is 0.248 e. The van der Waals surface area contributed by atoms with E-state index in [9.17, 15) is 8.42 Å². The van der Waals surface area contributed by atoms with Gasteiger partial charge in [0.05, 0.1) is 16.6 Å². The Bertz CT molecular complexity index is 826. The van der Waals surface area contributed by atoms with Crippen LogP contribution in [0.3, 0.4) is 0 Å². The van der Waals surface area contributed by atoms with Crippen LogP contribution in [0.1, 0.15) is 42.5 Å². The number of aromatic nitrogens is 3. The van der Waals surface area contributed by atoms with Crippen LogP contribution in [0.5, 0.6) is 0 Å². The summed E-state index contributed by atoms with van der Waals surface area (Å²) < 4.78 is 28.9. The predicted octanol–water partition coefficient (Wildman–Crippen LogP) is 2.10. The van der Waals surface area contributed by atoms with Crippen molar-refractivity contribution < 1.29 is 8.42 Å². The Labute approximate surface area is 136 Å². The van der Waals surface area contributed by atoms with Crippen LogP contribution in [0.15, 0.2) is 35.4 Å². The van der Waals surface area contributed by atoms with Crippen molar-refractivity contribution in [3.8, 4) is 0 Å². The van der Waals surface area contributed by atoms with Gasteiger partial charge >= 0.3 is 0 Å². The van der Waals surface area contributed by atoms with Crippen LogP contribution in [0.2, 0.25) is 0 Å². The van der Waals surface area contributed by atoms with Gasteiger partial charge in [0.1, 0.15) is 0 Å². The van der Waals surface area contributed by atoms with Crippen molar-refractivity contribution in [3.63, 3.8) is 0 Å². The fourth-order valence-corrected chi connectivity index (χ4v) is 4.70. The molecule has 122 valence electrons. The Morgan fingerprint density at radius 2 is 2.04 bits per heavy atom. The van der Waals surface area contributed by atoms with E-state index in [4.69, 9.17) is 0 Å². The summed E-state index contributed by atoms with van der Waals surface area (Å²) in [7, 11) is -3.43. The zero-order chi connectivity index (χ0) is 16.0. The fourth-order valence-electron chi connectivity index (χ4n) is 3.10. The summed E-state index contributed by atoms with van der Waals surface area (Å²) in [4.78, 5) is 0.371. The third-order valence-electron chi connectivity index (χ3n) is 4.65. The zero-order valence-electron chi connectivity index (χ0n) is 13.1. The van der Waals surface area contributed by atoms with Crippen LogP contribution in [-0.4, -0.2) is 40.8 Å². The summed E-state index contributed by atoms with van der Waals surface area (Å²) in [5.41, 5.74) is 2.00. The Morgan fingerprint density at radius 1 is 1.22 bits per heavy atom. The molecule has 0 radical (unpaired) electrons. The Hall–Kier alpha value is -1.73. The van der Waals surface area contributed by atoms with E-state index in [2.05, 4.69) is 10.3 Å². The molecule has 2 aliphatic rings. The van der Waals surface area contributed by atoms with Crippen LogP contribution in [0.25, 0.3) is 0 Å². The van der Waals surface area contributed by atoms with Gasteiger partial charge in [0.25, 0.3) is 0 Å². The van der Waals surface area contributed by atoms with Crippen LogP contribution >= 0.6 is 0 Å². The maximum Gasteiger partial charge on any atom is 0.243 e. The number of benzene rings is 1. The van der Waals surface area contributed by atoms with E-state index in [0.29, 0.717) is 23.9 Å². The van der Waals surface area contributed by atoms with Crippen molar-refractivity contribution in [2.75, 3.05) is 13.1 Å². The van der Waals surface area contributed by atoms with Crippen molar-refractivity contribution in [1.29, 1.82) is 0 Å². The molecule has 0 spiro atoms.